The number of nitrogens with one attached hydrogen (secondary N) is 1. The number of esters is 1. The molecule has 6 heteroatoms. The summed E-state index contributed by atoms with van der Waals surface area (Å²) in [7, 11) is 1.26. The minimum absolute atomic E-state index is 0.0794. The first-order valence-electron chi connectivity index (χ1n) is 10.9. The van der Waals surface area contributed by atoms with Crippen LogP contribution in [0.15, 0.2) is 60.7 Å². The van der Waals surface area contributed by atoms with Crippen LogP contribution in [0, 0.1) is 13.8 Å². The van der Waals surface area contributed by atoms with Crippen LogP contribution in [0.1, 0.15) is 33.7 Å². The van der Waals surface area contributed by atoms with Crippen molar-refractivity contribution >= 4 is 12.1 Å². The lowest BCUT2D eigenvalue weighted by Gasteiger charge is -2.20. The van der Waals surface area contributed by atoms with Gasteiger partial charge in [-0.3, -0.25) is 0 Å². The average Bonchev–Trinajstić information content (AvgIpc) is 3.12. The van der Waals surface area contributed by atoms with Crippen LogP contribution in [-0.2, 0) is 20.7 Å². The molecular formula is C27H27NO5. The van der Waals surface area contributed by atoms with Crippen LogP contribution < -0.4 is 5.32 Å². The van der Waals surface area contributed by atoms with E-state index in [0.29, 0.717) is 5.56 Å². The molecule has 0 saturated heterocycles. The number of benzene rings is 3. The summed E-state index contributed by atoms with van der Waals surface area (Å²) >= 11 is 0. The molecule has 6 nitrogen and oxygen atoms in total. The fourth-order valence-corrected chi connectivity index (χ4v) is 4.56. The van der Waals surface area contributed by atoms with Crippen molar-refractivity contribution in [2.75, 3.05) is 13.7 Å². The van der Waals surface area contributed by atoms with Crippen molar-refractivity contribution in [2.24, 2.45) is 0 Å². The van der Waals surface area contributed by atoms with Gasteiger partial charge in [0.25, 0.3) is 0 Å². The second-order valence-corrected chi connectivity index (χ2v) is 8.33. The highest BCUT2D eigenvalue weighted by Gasteiger charge is 2.30. The number of aryl methyl sites for hydroxylation is 2. The molecule has 1 aliphatic carbocycles. The molecule has 1 aliphatic rings. The molecule has 0 heterocycles. The van der Waals surface area contributed by atoms with Crippen molar-refractivity contribution in [2.45, 2.75) is 32.2 Å². The molecule has 1 atom stereocenters. The molecule has 0 radical (unpaired) electrons. The summed E-state index contributed by atoms with van der Waals surface area (Å²) in [5, 5.41) is 13.0. The lowest BCUT2D eigenvalue weighted by atomic mass is 9.98. The van der Waals surface area contributed by atoms with Gasteiger partial charge in [-0.15, -0.1) is 0 Å². The average molecular weight is 446 g/mol. The number of carbonyl (C=O) groups excluding carboxylic acids is 2. The highest BCUT2D eigenvalue weighted by atomic mass is 16.6. The number of hydrogen-bond acceptors (Lipinski definition) is 5. The van der Waals surface area contributed by atoms with E-state index in [4.69, 9.17) is 9.47 Å². The molecule has 3 aromatic rings. The molecule has 0 spiro atoms. The molecular weight excluding hydrogens is 418 g/mol. The molecule has 170 valence electrons. The number of aromatic hydroxyl groups is 1. The van der Waals surface area contributed by atoms with Crippen molar-refractivity contribution in [1.82, 2.24) is 5.32 Å². The van der Waals surface area contributed by atoms with E-state index >= 15 is 0 Å². The van der Waals surface area contributed by atoms with Gasteiger partial charge in [0, 0.05) is 12.3 Å². The van der Waals surface area contributed by atoms with E-state index in [1.807, 2.05) is 56.3 Å². The number of phenols is 1. The van der Waals surface area contributed by atoms with Crippen molar-refractivity contribution in [1.29, 1.82) is 0 Å². The third kappa shape index (κ3) is 4.55. The summed E-state index contributed by atoms with van der Waals surface area (Å²) < 4.78 is 10.4. The zero-order valence-corrected chi connectivity index (χ0v) is 18.9. The van der Waals surface area contributed by atoms with Crippen LogP contribution in [0.5, 0.6) is 5.75 Å². The van der Waals surface area contributed by atoms with Crippen LogP contribution in [0.25, 0.3) is 11.1 Å². The third-order valence-electron chi connectivity index (χ3n) is 6.12. The predicted molar refractivity (Wildman–Crippen MR) is 125 cm³/mol. The number of fused-ring (bicyclic) bond motifs is 3. The second kappa shape index (κ2) is 9.36. The molecule has 2 N–H and O–H groups in total. The minimum Gasteiger partial charge on any atom is -0.508 e. The number of alkyl carbamates (subject to hydrolysis) is 1. The number of ether oxygens (including phenoxy) is 2. The van der Waals surface area contributed by atoms with Gasteiger partial charge < -0.3 is 19.9 Å². The summed E-state index contributed by atoms with van der Waals surface area (Å²) in [6.07, 6.45) is -0.619. The molecule has 1 amide bonds. The number of phenolic OH excluding ortho intramolecular Hbond substituents is 1. The van der Waals surface area contributed by atoms with Gasteiger partial charge in [-0.05, 0) is 58.9 Å². The van der Waals surface area contributed by atoms with Crippen LogP contribution in [0.3, 0.4) is 0 Å². The summed E-state index contributed by atoms with van der Waals surface area (Å²) in [5.74, 6) is -0.610. The lowest BCUT2D eigenvalue weighted by molar-refractivity contribution is -0.143. The Morgan fingerprint density at radius 1 is 1.00 bits per heavy atom. The quantitative estimate of drug-likeness (QED) is 0.541. The summed E-state index contributed by atoms with van der Waals surface area (Å²) in [6.45, 7) is 3.87. The molecule has 3 aromatic carbocycles. The summed E-state index contributed by atoms with van der Waals surface area (Å²) in [4.78, 5) is 25.0. The molecule has 33 heavy (non-hydrogen) atoms. The zero-order valence-electron chi connectivity index (χ0n) is 18.9. The first kappa shape index (κ1) is 22.4. The van der Waals surface area contributed by atoms with E-state index in [2.05, 4.69) is 17.4 Å². The van der Waals surface area contributed by atoms with E-state index in [1.54, 1.807) is 6.07 Å². The van der Waals surface area contributed by atoms with E-state index in [1.165, 1.54) is 7.11 Å². The highest BCUT2D eigenvalue weighted by molar-refractivity contribution is 5.82. The van der Waals surface area contributed by atoms with Crippen LogP contribution >= 0.6 is 0 Å². The van der Waals surface area contributed by atoms with Gasteiger partial charge in [0.15, 0.2) is 0 Å². The van der Waals surface area contributed by atoms with Crippen LogP contribution in [0.4, 0.5) is 4.79 Å². The summed E-state index contributed by atoms with van der Waals surface area (Å²) in [6, 6.07) is 18.7. The molecule has 0 aliphatic heterocycles. The molecule has 0 aromatic heterocycles. The molecule has 0 fully saturated rings. The molecule has 0 saturated carbocycles. The van der Waals surface area contributed by atoms with Gasteiger partial charge >= 0.3 is 12.1 Å². The van der Waals surface area contributed by atoms with Gasteiger partial charge in [-0.1, -0.05) is 54.6 Å². The Morgan fingerprint density at radius 3 is 2.18 bits per heavy atom. The summed E-state index contributed by atoms with van der Waals surface area (Å²) in [5.41, 5.74) is 6.81. The van der Waals surface area contributed by atoms with Crippen molar-refractivity contribution in [3.8, 4) is 16.9 Å². The third-order valence-corrected chi connectivity index (χ3v) is 6.12. The first-order valence-corrected chi connectivity index (χ1v) is 10.9. The molecule has 1 unspecified atom stereocenters. The predicted octanol–water partition coefficient (Wildman–Crippen LogP) is 4.63. The van der Waals surface area contributed by atoms with Crippen LogP contribution in [-0.4, -0.2) is 36.9 Å². The molecule has 0 bridgehead atoms. The Bertz CT molecular complexity index is 1130. The Kier molecular flexibility index (Phi) is 6.36. The molecule has 4 rings (SSSR count). The van der Waals surface area contributed by atoms with Gasteiger partial charge in [-0.25, -0.2) is 9.59 Å². The monoisotopic (exact) mass is 445 g/mol. The van der Waals surface area contributed by atoms with E-state index in [-0.39, 0.29) is 24.7 Å². The van der Waals surface area contributed by atoms with E-state index in [0.717, 1.165) is 33.4 Å². The fraction of sp³-hybridized carbons (Fsp3) is 0.259. The SMILES string of the molecule is COC(=O)C(Cc1c(C)cc(C)cc1O)NC(=O)OCC1c2ccccc2-c2ccccc21. The first-order chi connectivity index (χ1) is 15.9. The standard InChI is InChI=1S/C27H27NO5/c1-16-12-17(2)22(25(29)13-16)14-24(26(30)32-3)28-27(31)33-15-23-20-10-6-4-8-18(20)19-9-5-7-11-21(19)23/h4-13,23-24,29H,14-15H2,1-3H3,(H,28,31). The normalized spacial score (nSPS) is 13.1. The number of hydrogen-bond donors (Lipinski definition) is 2. The second-order valence-electron chi connectivity index (χ2n) is 8.33. The highest BCUT2D eigenvalue weighted by Crippen LogP contribution is 2.44. The Balaban J connectivity index is 1.47. The Hall–Kier alpha value is -3.80. The largest absolute Gasteiger partial charge is 0.508 e. The fourth-order valence-electron chi connectivity index (χ4n) is 4.56. The van der Waals surface area contributed by atoms with E-state index in [9.17, 15) is 14.7 Å². The number of rotatable bonds is 6. The Labute approximate surface area is 193 Å². The maximum Gasteiger partial charge on any atom is 0.407 e. The van der Waals surface area contributed by atoms with Crippen molar-refractivity contribution in [3.63, 3.8) is 0 Å². The Morgan fingerprint density at radius 2 is 1.61 bits per heavy atom. The minimum atomic E-state index is -0.988. The van der Waals surface area contributed by atoms with Gasteiger partial charge in [0.05, 0.1) is 7.11 Å². The smallest absolute Gasteiger partial charge is 0.407 e. The van der Waals surface area contributed by atoms with Crippen molar-refractivity contribution < 1.29 is 24.2 Å². The number of amides is 1. The maximum absolute atomic E-state index is 12.7. The number of methoxy groups -OCH3 is 1. The number of carbonyl (C=O) groups is 2. The maximum atomic E-state index is 12.7. The van der Waals surface area contributed by atoms with Gasteiger partial charge in [0.1, 0.15) is 18.4 Å². The van der Waals surface area contributed by atoms with Gasteiger partial charge in [0.2, 0.25) is 0 Å². The van der Waals surface area contributed by atoms with Crippen molar-refractivity contribution in [3.05, 3.63) is 88.5 Å². The zero-order chi connectivity index (χ0) is 23.5. The topological polar surface area (TPSA) is 84.9 Å². The lowest BCUT2D eigenvalue weighted by Crippen LogP contribution is -2.43. The van der Waals surface area contributed by atoms with E-state index < -0.39 is 18.1 Å². The van der Waals surface area contributed by atoms with Crippen LogP contribution in [0.2, 0.25) is 0 Å². The van der Waals surface area contributed by atoms with Gasteiger partial charge in [-0.2, -0.15) is 0 Å².